The van der Waals surface area contributed by atoms with E-state index >= 15 is 0 Å². The fraction of sp³-hybridized carbons (Fsp3) is 0.562. The minimum absolute atomic E-state index is 0.0743. The van der Waals surface area contributed by atoms with E-state index < -0.39 is 0 Å². The second-order valence-corrected chi connectivity index (χ2v) is 6.50. The molecule has 2 atom stereocenters. The van der Waals surface area contributed by atoms with Crippen LogP contribution in [0.5, 0.6) is 0 Å². The molecule has 1 aliphatic heterocycles. The first-order chi connectivity index (χ1) is 10.6. The molecule has 1 amide bonds. The summed E-state index contributed by atoms with van der Waals surface area (Å²) in [6, 6.07) is 3.84. The molecule has 0 aromatic carbocycles. The van der Waals surface area contributed by atoms with Crippen molar-refractivity contribution in [2.45, 2.75) is 45.2 Å². The standard InChI is InChI=1S/C16H20N4O2/c1-10(2)15-18-17-14-9-19(5-6-20(14)15)16(21)12-8-11(12)13-4-3-7-22-13/h3-4,7,10-12H,5-6,8-9H2,1-2H3/t11-,12+/m0/s1. The van der Waals surface area contributed by atoms with Gasteiger partial charge in [0, 0.05) is 30.8 Å². The Morgan fingerprint density at radius 1 is 1.36 bits per heavy atom. The molecule has 1 aliphatic carbocycles. The molecule has 0 unspecified atom stereocenters. The van der Waals surface area contributed by atoms with Gasteiger partial charge in [-0.05, 0) is 18.6 Å². The summed E-state index contributed by atoms with van der Waals surface area (Å²) < 4.78 is 7.57. The van der Waals surface area contributed by atoms with E-state index in [0.29, 0.717) is 12.5 Å². The van der Waals surface area contributed by atoms with Gasteiger partial charge in [0.2, 0.25) is 5.91 Å². The van der Waals surface area contributed by atoms with Gasteiger partial charge in [0.1, 0.15) is 11.6 Å². The van der Waals surface area contributed by atoms with Crippen molar-refractivity contribution < 1.29 is 9.21 Å². The molecule has 2 aromatic heterocycles. The predicted octanol–water partition coefficient (Wildman–Crippen LogP) is 2.14. The molecule has 0 bridgehead atoms. The maximum atomic E-state index is 12.6. The first-order valence-corrected chi connectivity index (χ1v) is 7.89. The molecular weight excluding hydrogens is 280 g/mol. The fourth-order valence-corrected chi connectivity index (χ4v) is 3.31. The predicted molar refractivity (Wildman–Crippen MR) is 79.1 cm³/mol. The van der Waals surface area contributed by atoms with Crippen molar-refractivity contribution in [1.82, 2.24) is 19.7 Å². The molecule has 4 rings (SSSR count). The van der Waals surface area contributed by atoms with Crippen LogP contribution in [0.1, 0.15) is 49.5 Å². The van der Waals surface area contributed by atoms with E-state index in [-0.39, 0.29) is 17.7 Å². The summed E-state index contributed by atoms with van der Waals surface area (Å²) in [5.74, 6) is 3.76. The quantitative estimate of drug-likeness (QED) is 0.871. The summed E-state index contributed by atoms with van der Waals surface area (Å²) in [4.78, 5) is 14.6. The van der Waals surface area contributed by atoms with Gasteiger partial charge in [-0.15, -0.1) is 10.2 Å². The molecule has 2 aromatic rings. The van der Waals surface area contributed by atoms with Crippen LogP contribution in [0.25, 0.3) is 0 Å². The van der Waals surface area contributed by atoms with Gasteiger partial charge >= 0.3 is 0 Å². The molecule has 0 spiro atoms. The van der Waals surface area contributed by atoms with Crippen LogP contribution in [0.4, 0.5) is 0 Å². The SMILES string of the molecule is CC(C)c1nnc2n1CCN(C(=O)[C@@H]1C[C@@H]1c1ccco1)C2. The zero-order valence-electron chi connectivity index (χ0n) is 12.9. The summed E-state index contributed by atoms with van der Waals surface area (Å²) in [6.45, 7) is 6.34. The number of hydrogen-bond donors (Lipinski definition) is 0. The molecule has 0 saturated heterocycles. The molecule has 116 valence electrons. The Morgan fingerprint density at radius 2 is 2.23 bits per heavy atom. The smallest absolute Gasteiger partial charge is 0.226 e. The lowest BCUT2D eigenvalue weighted by Crippen LogP contribution is -2.39. The summed E-state index contributed by atoms with van der Waals surface area (Å²) >= 11 is 0. The molecule has 2 aliphatic rings. The molecule has 0 N–H and O–H groups in total. The summed E-state index contributed by atoms with van der Waals surface area (Å²) in [7, 11) is 0. The molecule has 6 nitrogen and oxygen atoms in total. The van der Waals surface area contributed by atoms with Crippen LogP contribution in [0.3, 0.4) is 0 Å². The minimum Gasteiger partial charge on any atom is -0.469 e. The Hall–Kier alpha value is -2.11. The average molecular weight is 300 g/mol. The Bertz CT molecular complexity index is 689. The summed E-state index contributed by atoms with van der Waals surface area (Å²) in [5.41, 5.74) is 0. The number of furan rings is 1. The Labute approximate surface area is 129 Å². The molecule has 1 fully saturated rings. The van der Waals surface area contributed by atoms with Crippen molar-refractivity contribution in [3.05, 3.63) is 35.8 Å². The molecule has 6 heteroatoms. The zero-order valence-corrected chi connectivity index (χ0v) is 12.9. The number of rotatable bonds is 3. The van der Waals surface area contributed by atoms with E-state index in [1.165, 1.54) is 0 Å². The lowest BCUT2D eigenvalue weighted by molar-refractivity contribution is -0.134. The van der Waals surface area contributed by atoms with Crippen LogP contribution < -0.4 is 0 Å². The van der Waals surface area contributed by atoms with E-state index in [4.69, 9.17) is 4.42 Å². The third kappa shape index (κ3) is 2.14. The van der Waals surface area contributed by atoms with E-state index in [0.717, 1.165) is 36.9 Å². The van der Waals surface area contributed by atoms with E-state index in [9.17, 15) is 4.79 Å². The molecule has 1 saturated carbocycles. The third-order valence-corrected chi connectivity index (χ3v) is 4.63. The second-order valence-electron chi connectivity index (χ2n) is 6.50. The van der Waals surface area contributed by atoms with Crippen LogP contribution in [-0.2, 0) is 17.9 Å². The van der Waals surface area contributed by atoms with Gasteiger partial charge in [-0.3, -0.25) is 4.79 Å². The van der Waals surface area contributed by atoms with Crippen molar-refractivity contribution in [1.29, 1.82) is 0 Å². The topological polar surface area (TPSA) is 64.2 Å². The Balaban J connectivity index is 1.46. The monoisotopic (exact) mass is 300 g/mol. The number of carbonyl (C=O) groups is 1. The van der Waals surface area contributed by atoms with Crippen molar-refractivity contribution in [3.8, 4) is 0 Å². The first kappa shape index (κ1) is 13.5. The lowest BCUT2D eigenvalue weighted by Gasteiger charge is -2.28. The Morgan fingerprint density at radius 3 is 2.95 bits per heavy atom. The van der Waals surface area contributed by atoms with Gasteiger partial charge in [0.05, 0.1) is 12.8 Å². The summed E-state index contributed by atoms with van der Waals surface area (Å²) in [6.07, 6.45) is 2.57. The molecule has 3 heterocycles. The normalized spacial score (nSPS) is 23.7. The van der Waals surface area contributed by atoms with Gasteiger partial charge < -0.3 is 13.9 Å². The average Bonchev–Trinajstić information content (AvgIpc) is 2.96. The highest BCUT2D eigenvalue weighted by Crippen LogP contribution is 2.48. The van der Waals surface area contributed by atoms with Crippen LogP contribution in [0.2, 0.25) is 0 Å². The van der Waals surface area contributed by atoms with E-state index in [1.54, 1.807) is 6.26 Å². The zero-order chi connectivity index (χ0) is 15.3. The van der Waals surface area contributed by atoms with Crippen LogP contribution in [0, 0.1) is 5.92 Å². The fourth-order valence-electron chi connectivity index (χ4n) is 3.31. The summed E-state index contributed by atoms with van der Waals surface area (Å²) in [5, 5.41) is 8.53. The third-order valence-electron chi connectivity index (χ3n) is 4.63. The van der Waals surface area contributed by atoms with E-state index in [2.05, 4.69) is 28.6 Å². The van der Waals surface area contributed by atoms with Crippen LogP contribution in [0.15, 0.2) is 22.8 Å². The van der Waals surface area contributed by atoms with Crippen LogP contribution >= 0.6 is 0 Å². The number of hydrogen-bond acceptors (Lipinski definition) is 4. The first-order valence-electron chi connectivity index (χ1n) is 7.89. The van der Waals surface area contributed by atoms with E-state index in [1.807, 2.05) is 17.0 Å². The highest BCUT2D eigenvalue weighted by Gasteiger charge is 2.48. The second kappa shape index (κ2) is 4.97. The number of nitrogens with zero attached hydrogens (tertiary/aromatic N) is 4. The number of amides is 1. The van der Waals surface area contributed by atoms with Crippen molar-refractivity contribution in [2.24, 2.45) is 5.92 Å². The van der Waals surface area contributed by atoms with Gasteiger partial charge in [0.15, 0.2) is 5.82 Å². The maximum absolute atomic E-state index is 12.6. The van der Waals surface area contributed by atoms with Gasteiger partial charge in [-0.1, -0.05) is 13.8 Å². The van der Waals surface area contributed by atoms with Crippen LogP contribution in [-0.4, -0.2) is 32.1 Å². The Kier molecular flexibility index (Phi) is 3.06. The van der Waals surface area contributed by atoms with Crippen molar-refractivity contribution in [3.63, 3.8) is 0 Å². The van der Waals surface area contributed by atoms with Gasteiger partial charge in [0.25, 0.3) is 0 Å². The van der Waals surface area contributed by atoms with Crippen molar-refractivity contribution in [2.75, 3.05) is 6.54 Å². The number of fused-ring (bicyclic) bond motifs is 1. The molecule has 0 radical (unpaired) electrons. The number of aromatic nitrogens is 3. The lowest BCUT2D eigenvalue weighted by atomic mass is 10.2. The molecular formula is C16H20N4O2. The largest absolute Gasteiger partial charge is 0.469 e. The number of carbonyl (C=O) groups excluding carboxylic acids is 1. The highest BCUT2D eigenvalue weighted by molar-refractivity contribution is 5.82. The maximum Gasteiger partial charge on any atom is 0.226 e. The highest BCUT2D eigenvalue weighted by atomic mass is 16.3. The molecule has 22 heavy (non-hydrogen) atoms. The van der Waals surface area contributed by atoms with Gasteiger partial charge in [-0.2, -0.15) is 0 Å². The van der Waals surface area contributed by atoms with Gasteiger partial charge in [-0.25, -0.2) is 0 Å². The minimum atomic E-state index is 0.0743. The van der Waals surface area contributed by atoms with Crippen molar-refractivity contribution >= 4 is 5.91 Å².